The SMILES string of the molecule is Cc1nc(N2C[C@@H](CC(=O)Nc3cc(F)c(-c4ccccc4)c(F)c3)C[C@H]2C(=O)O)c2oc3ccccc3c2n1. The van der Waals surface area contributed by atoms with E-state index >= 15 is 0 Å². The highest BCUT2D eigenvalue weighted by Gasteiger charge is 2.40. The van der Waals surface area contributed by atoms with Crippen LogP contribution in [0.4, 0.5) is 20.3 Å². The zero-order valence-corrected chi connectivity index (χ0v) is 21.4. The molecule has 2 N–H and O–H groups in total. The van der Waals surface area contributed by atoms with Gasteiger partial charge in [-0.1, -0.05) is 42.5 Å². The van der Waals surface area contributed by atoms with Crippen LogP contribution in [-0.2, 0) is 9.59 Å². The van der Waals surface area contributed by atoms with Crippen LogP contribution in [0.5, 0.6) is 0 Å². The maximum Gasteiger partial charge on any atom is 0.326 e. The molecule has 5 aromatic rings. The number of carboxylic acids is 1. The van der Waals surface area contributed by atoms with Crippen LogP contribution in [0.1, 0.15) is 18.7 Å². The standard InChI is InChI=1S/C30H24F2N4O4/c1-16-33-27-20-9-5-6-10-24(20)40-28(27)29(34-16)36-15-17(11-23(36)30(38)39)12-25(37)35-19-13-21(31)26(22(32)14-19)18-7-3-2-4-8-18/h2-10,13-14,17,23H,11-12,15H2,1H3,(H,35,37)(H,38,39)/t17-,23+/m1/s1. The van der Waals surface area contributed by atoms with Crippen LogP contribution in [-0.4, -0.2) is 39.5 Å². The molecule has 3 aromatic carbocycles. The fourth-order valence-corrected chi connectivity index (χ4v) is 5.42. The van der Waals surface area contributed by atoms with Crippen molar-refractivity contribution in [2.75, 3.05) is 16.8 Å². The van der Waals surface area contributed by atoms with Gasteiger partial charge in [-0.2, -0.15) is 0 Å². The van der Waals surface area contributed by atoms with Gasteiger partial charge in [0, 0.05) is 24.0 Å². The summed E-state index contributed by atoms with van der Waals surface area (Å²) in [4.78, 5) is 35.8. The molecule has 8 nitrogen and oxygen atoms in total. The van der Waals surface area contributed by atoms with E-state index in [0.29, 0.717) is 33.9 Å². The zero-order valence-electron chi connectivity index (χ0n) is 21.4. The second-order valence-corrected chi connectivity index (χ2v) is 9.91. The van der Waals surface area contributed by atoms with Crippen molar-refractivity contribution in [3.05, 3.63) is 84.2 Å². The van der Waals surface area contributed by atoms with Gasteiger partial charge in [0.25, 0.3) is 0 Å². The Labute approximate surface area is 227 Å². The lowest BCUT2D eigenvalue weighted by Gasteiger charge is -2.22. The van der Waals surface area contributed by atoms with E-state index in [2.05, 4.69) is 15.3 Å². The highest BCUT2D eigenvalue weighted by Crippen LogP contribution is 2.38. The van der Waals surface area contributed by atoms with Crippen LogP contribution >= 0.6 is 0 Å². The molecule has 1 aliphatic rings. The van der Waals surface area contributed by atoms with Gasteiger partial charge in [-0.15, -0.1) is 0 Å². The molecule has 0 saturated carbocycles. The van der Waals surface area contributed by atoms with Crippen LogP contribution in [0.2, 0.25) is 0 Å². The first-order valence-corrected chi connectivity index (χ1v) is 12.8. The third kappa shape index (κ3) is 4.61. The first-order valence-electron chi connectivity index (χ1n) is 12.8. The Morgan fingerprint density at radius 1 is 1.05 bits per heavy atom. The van der Waals surface area contributed by atoms with E-state index in [9.17, 15) is 23.5 Å². The van der Waals surface area contributed by atoms with Gasteiger partial charge in [-0.25, -0.2) is 23.5 Å². The largest absolute Gasteiger partial charge is 0.480 e. The van der Waals surface area contributed by atoms with Crippen molar-refractivity contribution in [1.82, 2.24) is 9.97 Å². The van der Waals surface area contributed by atoms with Crippen LogP contribution < -0.4 is 10.2 Å². The number of aromatic nitrogens is 2. The minimum absolute atomic E-state index is 0.0141. The monoisotopic (exact) mass is 542 g/mol. The van der Waals surface area contributed by atoms with E-state index < -0.39 is 29.6 Å². The summed E-state index contributed by atoms with van der Waals surface area (Å²) in [6, 6.07) is 16.9. The quantitative estimate of drug-likeness (QED) is 0.273. The molecular weight excluding hydrogens is 518 g/mol. The molecule has 40 heavy (non-hydrogen) atoms. The van der Waals surface area contributed by atoms with Crippen molar-refractivity contribution in [3.63, 3.8) is 0 Å². The van der Waals surface area contributed by atoms with Crippen LogP contribution in [0, 0.1) is 24.5 Å². The number of fused-ring (bicyclic) bond motifs is 3. The van der Waals surface area contributed by atoms with Gasteiger partial charge in [0.2, 0.25) is 5.91 Å². The zero-order chi connectivity index (χ0) is 28.0. The van der Waals surface area contributed by atoms with Crippen molar-refractivity contribution in [1.29, 1.82) is 0 Å². The number of carboxylic acid groups (broad SMARTS) is 1. The summed E-state index contributed by atoms with van der Waals surface area (Å²) >= 11 is 0. The number of benzene rings is 3. The van der Waals surface area contributed by atoms with Crippen molar-refractivity contribution < 1.29 is 27.9 Å². The third-order valence-corrected chi connectivity index (χ3v) is 7.12. The van der Waals surface area contributed by atoms with Crippen LogP contribution in [0.25, 0.3) is 33.2 Å². The van der Waals surface area contributed by atoms with Gasteiger partial charge in [-0.05, 0) is 49.1 Å². The molecule has 2 aromatic heterocycles. The Balaban J connectivity index is 1.23. The van der Waals surface area contributed by atoms with Crippen LogP contribution in [0.3, 0.4) is 0 Å². The average Bonchev–Trinajstić information content (AvgIpc) is 3.50. The number of hydrogen-bond acceptors (Lipinski definition) is 6. The molecule has 202 valence electrons. The van der Waals surface area contributed by atoms with E-state index in [4.69, 9.17) is 4.42 Å². The number of nitrogens with one attached hydrogen (secondary N) is 1. The smallest absolute Gasteiger partial charge is 0.326 e. The number of anilines is 2. The Hall–Kier alpha value is -4.86. The number of amides is 1. The Bertz CT molecular complexity index is 1750. The van der Waals surface area contributed by atoms with Crippen LogP contribution in [0.15, 0.2) is 71.1 Å². The van der Waals surface area contributed by atoms with Crippen molar-refractivity contribution in [3.8, 4) is 11.1 Å². The highest BCUT2D eigenvalue weighted by molar-refractivity contribution is 6.06. The fraction of sp³-hybridized carbons (Fsp3) is 0.200. The Morgan fingerprint density at radius 2 is 1.75 bits per heavy atom. The number of aryl methyl sites for hydroxylation is 1. The minimum atomic E-state index is -1.05. The second-order valence-electron chi connectivity index (χ2n) is 9.91. The molecule has 0 bridgehead atoms. The molecule has 1 saturated heterocycles. The molecule has 3 heterocycles. The lowest BCUT2D eigenvalue weighted by atomic mass is 10.0. The predicted molar refractivity (Wildman–Crippen MR) is 146 cm³/mol. The summed E-state index contributed by atoms with van der Waals surface area (Å²) in [7, 11) is 0. The molecule has 1 amide bonds. The number of aliphatic carboxylic acids is 1. The first-order chi connectivity index (χ1) is 19.3. The summed E-state index contributed by atoms with van der Waals surface area (Å²) in [5.41, 5.74) is 1.78. The second kappa shape index (κ2) is 10.0. The number of para-hydroxylation sites is 1. The van der Waals surface area contributed by atoms with Crippen molar-refractivity contribution in [2.45, 2.75) is 25.8 Å². The highest BCUT2D eigenvalue weighted by atomic mass is 19.1. The van der Waals surface area contributed by atoms with E-state index in [1.54, 1.807) is 48.2 Å². The maximum absolute atomic E-state index is 14.8. The van der Waals surface area contributed by atoms with E-state index in [1.165, 1.54) is 0 Å². The molecule has 0 unspecified atom stereocenters. The van der Waals surface area contributed by atoms with Gasteiger partial charge in [0.15, 0.2) is 11.4 Å². The normalized spacial score (nSPS) is 17.0. The van der Waals surface area contributed by atoms with E-state index in [-0.39, 0.29) is 36.6 Å². The fourth-order valence-electron chi connectivity index (χ4n) is 5.42. The molecular formula is C30H24F2N4O4. The van der Waals surface area contributed by atoms with Crippen molar-refractivity contribution >= 4 is 45.5 Å². The summed E-state index contributed by atoms with van der Waals surface area (Å²) in [5, 5.41) is 13.3. The molecule has 0 spiro atoms. The van der Waals surface area contributed by atoms with E-state index in [0.717, 1.165) is 17.5 Å². The van der Waals surface area contributed by atoms with Crippen molar-refractivity contribution in [2.24, 2.45) is 5.92 Å². The summed E-state index contributed by atoms with van der Waals surface area (Å²) in [5.74, 6) is -2.66. The van der Waals surface area contributed by atoms with Gasteiger partial charge in [0.05, 0.1) is 5.56 Å². The minimum Gasteiger partial charge on any atom is -0.480 e. The molecule has 6 rings (SSSR count). The number of hydrogen-bond donors (Lipinski definition) is 2. The predicted octanol–water partition coefficient (Wildman–Crippen LogP) is 5.94. The molecule has 0 aliphatic carbocycles. The number of rotatable bonds is 6. The number of carbonyl (C=O) groups excluding carboxylic acids is 1. The lowest BCUT2D eigenvalue weighted by Crippen LogP contribution is -2.36. The first kappa shape index (κ1) is 25.4. The van der Waals surface area contributed by atoms with Gasteiger partial charge in [-0.3, -0.25) is 4.79 Å². The maximum atomic E-state index is 14.8. The summed E-state index contributed by atoms with van der Waals surface area (Å²) in [6.07, 6.45) is 0.139. The van der Waals surface area contributed by atoms with E-state index in [1.807, 2.05) is 18.2 Å². The van der Waals surface area contributed by atoms with Gasteiger partial charge in [0.1, 0.15) is 34.6 Å². The summed E-state index contributed by atoms with van der Waals surface area (Å²) < 4.78 is 35.6. The topological polar surface area (TPSA) is 109 Å². The Morgan fingerprint density at radius 3 is 2.48 bits per heavy atom. The number of nitrogens with zero attached hydrogens (tertiary/aromatic N) is 3. The molecule has 0 radical (unpaired) electrons. The van der Waals surface area contributed by atoms with Gasteiger partial charge >= 0.3 is 5.97 Å². The summed E-state index contributed by atoms with van der Waals surface area (Å²) in [6.45, 7) is 1.95. The molecule has 2 atom stereocenters. The Kier molecular flexibility index (Phi) is 6.37. The lowest BCUT2D eigenvalue weighted by molar-refractivity contribution is -0.138. The number of carbonyl (C=O) groups is 2. The molecule has 1 aliphatic heterocycles. The number of furan rings is 1. The average molecular weight is 543 g/mol. The third-order valence-electron chi connectivity index (χ3n) is 7.12. The molecule has 1 fully saturated rings. The van der Waals surface area contributed by atoms with Gasteiger partial charge < -0.3 is 19.7 Å². The number of halogens is 2. The molecule has 10 heteroatoms.